The fourth-order valence-corrected chi connectivity index (χ4v) is 4.10. The lowest BCUT2D eigenvalue weighted by atomic mass is 10.2. The van der Waals surface area contributed by atoms with Crippen molar-refractivity contribution in [3.8, 4) is 0 Å². The van der Waals surface area contributed by atoms with Crippen LogP contribution in [0.4, 0.5) is 0 Å². The standard InChI is InChI=1S/C13H19N3O3S/c14-13(17)9-16(12-6-7-15-8-12)20(18,19)10-11-4-2-1-3-5-11/h1-5,12,15H,6-10H2,(H2,14,17). The summed E-state index contributed by atoms with van der Waals surface area (Å²) in [6.45, 7) is 1.05. The SMILES string of the molecule is NC(=O)CN(C1CCNC1)S(=O)(=O)Cc1ccccc1. The van der Waals surface area contributed by atoms with E-state index in [2.05, 4.69) is 5.32 Å². The van der Waals surface area contributed by atoms with Crippen molar-refractivity contribution in [1.82, 2.24) is 9.62 Å². The molecule has 20 heavy (non-hydrogen) atoms. The van der Waals surface area contributed by atoms with Crippen LogP contribution in [0.5, 0.6) is 0 Å². The minimum absolute atomic E-state index is 0.113. The third-order valence-corrected chi connectivity index (χ3v) is 5.14. The molecule has 1 unspecified atom stereocenters. The molecule has 1 aliphatic rings. The Labute approximate surface area is 119 Å². The molecule has 1 aliphatic heterocycles. The molecule has 7 heteroatoms. The third-order valence-electron chi connectivity index (χ3n) is 3.30. The van der Waals surface area contributed by atoms with E-state index in [0.717, 1.165) is 6.54 Å². The summed E-state index contributed by atoms with van der Waals surface area (Å²) in [7, 11) is -3.56. The highest BCUT2D eigenvalue weighted by atomic mass is 32.2. The Morgan fingerprint density at radius 3 is 2.60 bits per heavy atom. The maximum Gasteiger partial charge on any atom is 0.232 e. The van der Waals surface area contributed by atoms with Crippen LogP contribution in [0, 0.1) is 0 Å². The van der Waals surface area contributed by atoms with Gasteiger partial charge in [-0.15, -0.1) is 0 Å². The number of nitrogens with two attached hydrogens (primary N) is 1. The highest BCUT2D eigenvalue weighted by molar-refractivity contribution is 7.88. The van der Waals surface area contributed by atoms with Gasteiger partial charge in [0, 0.05) is 12.6 Å². The minimum Gasteiger partial charge on any atom is -0.369 e. The predicted molar refractivity (Wildman–Crippen MR) is 76.2 cm³/mol. The zero-order valence-electron chi connectivity index (χ0n) is 11.2. The van der Waals surface area contributed by atoms with E-state index in [1.807, 2.05) is 6.07 Å². The van der Waals surface area contributed by atoms with Gasteiger partial charge in [-0.2, -0.15) is 4.31 Å². The molecule has 1 fully saturated rings. The Morgan fingerprint density at radius 1 is 1.35 bits per heavy atom. The smallest absolute Gasteiger partial charge is 0.232 e. The molecule has 1 aromatic carbocycles. The van der Waals surface area contributed by atoms with Gasteiger partial charge in [0.15, 0.2) is 0 Å². The average molecular weight is 297 g/mol. The molecule has 0 radical (unpaired) electrons. The molecule has 1 aromatic rings. The van der Waals surface area contributed by atoms with Gasteiger partial charge in [0.25, 0.3) is 0 Å². The number of rotatable bonds is 6. The van der Waals surface area contributed by atoms with Gasteiger partial charge in [0.1, 0.15) is 0 Å². The second-order valence-corrected chi connectivity index (χ2v) is 6.82. The molecule has 0 aliphatic carbocycles. The number of hydrogen-bond acceptors (Lipinski definition) is 4. The van der Waals surface area contributed by atoms with Crippen molar-refractivity contribution in [2.75, 3.05) is 19.6 Å². The first-order valence-electron chi connectivity index (χ1n) is 6.51. The van der Waals surface area contributed by atoms with Gasteiger partial charge in [-0.3, -0.25) is 4.79 Å². The number of amides is 1. The lowest BCUT2D eigenvalue weighted by molar-refractivity contribution is -0.118. The molecular weight excluding hydrogens is 278 g/mol. The van der Waals surface area contributed by atoms with E-state index in [4.69, 9.17) is 5.73 Å². The molecule has 0 saturated carbocycles. The summed E-state index contributed by atoms with van der Waals surface area (Å²) in [5.74, 6) is -0.744. The maximum absolute atomic E-state index is 12.5. The molecule has 1 amide bonds. The number of hydrogen-bond donors (Lipinski definition) is 2. The Bertz CT molecular complexity index is 553. The molecule has 0 bridgehead atoms. The number of benzene rings is 1. The molecule has 1 saturated heterocycles. The van der Waals surface area contributed by atoms with E-state index in [0.29, 0.717) is 18.5 Å². The van der Waals surface area contributed by atoms with Crippen molar-refractivity contribution in [3.63, 3.8) is 0 Å². The number of primary amides is 1. The van der Waals surface area contributed by atoms with Crippen LogP contribution in [0.25, 0.3) is 0 Å². The van der Waals surface area contributed by atoms with Crippen molar-refractivity contribution in [2.24, 2.45) is 5.73 Å². The lowest BCUT2D eigenvalue weighted by Crippen LogP contribution is -2.46. The van der Waals surface area contributed by atoms with E-state index in [1.165, 1.54) is 4.31 Å². The largest absolute Gasteiger partial charge is 0.369 e. The monoisotopic (exact) mass is 297 g/mol. The Morgan fingerprint density at radius 2 is 2.05 bits per heavy atom. The quantitative estimate of drug-likeness (QED) is 0.751. The van der Waals surface area contributed by atoms with Gasteiger partial charge in [0.05, 0.1) is 12.3 Å². The zero-order valence-corrected chi connectivity index (χ0v) is 12.0. The Kier molecular flexibility index (Phi) is 4.74. The van der Waals surface area contributed by atoms with Crippen LogP contribution in [0.15, 0.2) is 30.3 Å². The van der Waals surface area contributed by atoms with Crippen LogP contribution in [0.2, 0.25) is 0 Å². The molecule has 0 spiro atoms. The molecule has 0 aromatic heterocycles. The van der Waals surface area contributed by atoms with Crippen LogP contribution in [0.3, 0.4) is 0 Å². The summed E-state index contributed by atoms with van der Waals surface area (Å²) in [5.41, 5.74) is 5.89. The second-order valence-electron chi connectivity index (χ2n) is 4.90. The van der Waals surface area contributed by atoms with Crippen LogP contribution in [-0.4, -0.2) is 44.3 Å². The summed E-state index contributed by atoms with van der Waals surface area (Å²) >= 11 is 0. The van der Waals surface area contributed by atoms with Crippen molar-refractivity contribution >= 4 is 15.9 Å². The van der Waals surface area contributed by atoms with E-state index < -0.39 is 15.9 Å². The first kappa shape index (κ1) is 15.0. The molecule has 1 atom stereocenters. The summed E-state index contributed by atoms with van der Waals surface area (Å²) in [6, 6.07) is 8.73. The van der Waals surface area contributed by atoms with Crippen molar-refractivity contribution in [3.05, 3.63) is 35.9 Å². The summed E-state index contributed by atoms with van der Waals surface area (Å²) in [6.07, 6.45) is 0.696. The third kappa shape index (κ3) is 3.78. The summed E-state index contributed by atoms with van der Waals surface area (Å²) < 4.78 is 26.3. The van der Waals surface area contributed by atoms with Gasteiger partial charge >= 0.3 is 0 Å². The van der Waals surface area contributed by atoms with Crippen LogP contribution in [-0.2, 0) is 20.6 Å². The normalized spacial score (nSPS) is 19.4. The number of nitrogens with zero attached hydrogens (tertiary/aromatic N) is 1. The highest BCUT2D eigenvalue weighted by Gasteiger charge is 2.33. The van der Waals surface area contributed by atoms with Crippen molar-refractivity contribution in [1.29, 1.82) is 0 Å². The molecule has 2 rings (SSSR count). The maximum atomic E-state index is 12.5. The summed E-state index contributed by atoms with van der Waals surface area (Å²) in [5, 5.41) is 3.10. The Hall–Kier alpha value is -1.44. The van der Waals surface area contributed by atoms with Crippen LogP contribution in [0.1, 0.15) is 12.0 Å². The van der Waals surface area contributed by atoms with Gasteiger partial charge < -0.3 is 11.1 Å². The zero-order chi connectivity index (χ0) is 14.6. The summed E-state index contributed by atoms with van der Waals surface area (Å²) in [4.78, 5) is 11.2. The molecule has 1 heterocycles. The number of nitrogens with one attached hydrogen (secondary N) is 1. The fourth-order valence-electron chi connectivity index (χ4n) is 2.36. The van der Waals surface area contributed by atoms with Gasteiger partial charge in [-0.25, -0.2) is 8.42 Å². The molecule has 110 valence electrons. The first-order chi connectivity index (χ1) is 9.49. The topological polar surface area (TPSA) is 92.5 Å². The van der Waals surface area contributed by atoms with Crippen molar-refractivity contribution < 1.29 is 13.2 Å². The molecule has 6 nitrogen and oxygen atoms in total. The van der Waals surface area contributed by atoms with Crippen LogP contribution < -0.4 is 11.1 Å². The van der Waals surface area contributed by atoms with Gasteiger partial charge in [0.2, 0.25) is 15.9 Å². The van der Waals surface area contributed by atoms with E-state index in [1.54, 1.807) is 24.3 Å². The fraction of sp³-hybridized carbons (Fsp3) is 0.462. The number of sulfonamides is 1. The lowest BCUT2D eigenvalue weighted by Gasteiger charge is -2.26. The average Bonchev–Trinajstić information content (AvgIpc) is 2.89. The Balaban J connectivity index is 2.19. The van der Waals surface area contributed by atoms with Crippen molar-refractivity contribution in [2.45, 2.75) is 18.2 Å². The molecule has 3 N–H and O–H groups in total. The first-order valence-corrected chi connectivity index (χ1v) is 8.12. The van der Waals surface area contributed by atoms with Gasteiger partial charge in [-0.05, 0) is 18.5 Å². The highest BCUT2D eigenvalue weighted by Crippen LogP contribution is 2.17. The number of carbonyl (C=O) groups is 1. The van der Waals surface area contributed by atoms with E-state index in [9.17, 15) is 13.2 Å². The number of carbonyl (C=O) groups excluding carboxylic acids is 1. The van der Waals surface area contributed by atoms with E-state index in [-0.39, 0.29) is 18.3 Å². The second kappa shape index (κ2) is 6.34. The van der Waals surface area contributed by atoms with Crippen LogP contribution >= 0.6 is 0 Å². The predicted octanol–water partition coefficient (Wildman–Crippen LogP) is -0.334. The minimum atomic E-state index is -3.56. The van der Waals surface area contributed by atoms with Gasteiger partial charge in [-0.1, -0.05) is 30.3 Å². The molecular formula is C13H19N3O3S. The van der Waals surface area contributed by atoms with E-state index >= 15 is 0 Å².